The molecule has 1 aliphatic heterocycles. The second-order valence-electron chi connectivity index (χ2n) is 7.60. The molecule has 0 fully saturated rings. The third-order valence-corrected chi connectivity index (χ3v) is 5.67. The molecule has 4 rings (SSSR count). The van der Waals surface area contributed by atoms with Crippen LogP contribution in [0.4, 0.5) is 5.69 Å². The van der Waals surface area contributed by atoms with Crippen molar-refractivity contribution in [3.63, 3.8) is 0 Å². The first-order valence-corrected chi connectivity index (χ1v) is 11.6. The van der Waals surface area contributed by atoms with Gasteiger partial charge in [0, 0.05) is 12.2 Å². The first kappa shape index (κ1) is 25.8. The van der Waals surface area contributed by atoms with Crippen LogP contribution in [-0.4, -0.2) is 37.3 Å². The zero-order valence-electron chi connectivity index (χ0n) is 19.1. The van der Waals surface area contributed by atoms with Crippen LogP contribution in [0.15, 0.2) is 65.8 Å². The molecule has 0 spiro atoms. The summed E-state index contributed by atoms with van der Waals surface area (Å²) >= 11 is 11.8. The third kappa shape index (κ3) is 7.35. The van der Waals surface area contributed by atoms with Crippen LogP contribution in [0.2, 0.25) is 10.0 Å². The number of hydrogen-bond donors (Lipinski definition) is 3. The Bertz CT molecular complexity index is 1350. The minimum absolute atomic E-state index is 0.138. The number of hydrazone groups is 1. The molecule has 0 saturated heterocycles. The van der Waals surface area contributed by atoms with Gasteiger partial charge in [-0.1, -0.05) is 29.3 Å². The highest BCUT2D eigenvalue weighted by atomic mass is 35.5. The summed E-state index contributed by atoms with van der Waals surface area (Å²) in [6.07, 6.45) is 1.36. The molecule has 0 saturated carbocycles. The van der Waals surface area contributed by atoms with Gasteiger partial charge in [-0.05, 0) is 65.7 Å². The molecule has 37 heavy (non-hydrogen) atoms. The van der Waals surface area contributed by atoms with Crippen molar-refractivity contribution >= 4 is 52.8 Å². The number of hydrogen-bond acceptors (Lipinski definition) is 7. The number of nitrogens with zero attached hydrogens (tertiary/aromatic N) is 1. The van der Waals surface area contributed by atoms with Gasteiger partial charge in [0.25, 0.3) is 5.91 Å². The Hall–Kier alpha value is -4.28. The Morgan fingerprint density at radius 1 is 0.919 bits per heavy atom. The fourth-order valence-corrected chi connectivity index (χ4v) is 3.40. The molecule has 3 N–H and O–H groups in total. The van der Waals surface area contributed by atoms with Crippen molar-refractivity contribution < 1.29 is 28.6 Å². The second-order valence-corrected chi connectivity index (χ2v) is 8.42. The van der Waals surface area contributed by atoms with Crippen molar-refractivity contribution in [3.05, 3.63) is 81.8 Å². The Balaban J connectivity index is 1.18. The van der Waals surface area contributed by atoms with Crippen molar-refractivity contribution in [2.45, 2.75) is 6.54 Å². The van der Waals surface area contributed by atoms with Gasteiger partial charge in [-0.2, -0.15) is 5.10 Å². The molecule has 1 aliphatic rings. The molecule has 0 aromatic heterocycles. The molecule has 0 radical (unpaired) electrons. The van der Waals surface area contributed by atoms with Gasteiger partial charge in [0.1, 0.15) is 5.75 Å². The van der Waals surface area contributed by atoms with Crippen LogP contribution in [0.1, 0.15) is 11.1 Å². The zero-order chi connectivity index (χ0) is 26.2. The Kier molecular flexibility index (Phi) is 8.44. The maximum absolute atomic E-state index is 12.1. The van der Waals surface area contributed by atoms with E-state index in [9.17, 15) is 14.4 Å². The average Bonchev–Trinajstić information content (AvgIpc) is 3.37. The maximum Gasteiger partial charge on any atom is 0.329 e. The van der Waals surface area contributed by atoms with E-state index in [2.05, 4.69) is 21.2 Å². The van der Waals surface area contributed by atoms with E-state index in [-0.39, 0.29) is 25.9 Å². The third-order valence-electron chi connectivity index (χ3n) is 4.93. The van der Waals surface area contributed by atoms with Crippen molar-refractivity contribution in [1.82, 2.24) is 10.7 Å². The van der Waals surface area contributed by atoms with Crippen LogP contribution in [-0.2, 0) is 20.9 Å². The quantitative estimate of drug-likeness (QED) is 0.227. The molecule has 0 aliphatic carbocycles. The van der Waals surface area contributed by atoms with Gasteiger partial charge < -0.3 is 24.8 Å². The van der Waals surface area contributed by atoms with Crippen molar-refractivity contribution in [3.8, 4) is 17.2 Å². The van der Waals surface area contributed by atoms with Crippen LogP contribution in [0.5, 0.6) is 17.2 Å². The van der Waals surface area contributed by atoms with Gasteiger partial charge in [0.2, 0.25) is 6.79 Å². The molecular formula is C25H20Cl2N4O6. The molecule has 0 bridgehead atoms. The van der Waals surface area contributed by atoms with Gasteiger partial charge in [-0.3, -0.25) is 14.4 Å². The molecule has 3 aromatic rings. The number of anilines is 1. The van der Waals surface area contributed by atoms with Crippen molar-refractivity contribution in [1.29, 1.82) is 0 Å². The number of nitrogens with one attached hydrogen (secondary N) is 3. The SMILES string of the molecule is O=C(COc1ccc(/C=N\NC(=O)C(=O)NCc2ccc3c(c2)OCO3)cc1)Nc1ccc(Cl)c(Cl)c1. The van der Waals surface area contributed by atoms with Crippen molar-refractivity contribution in [2.75, 3.05) is 18.7 Å². The highest BCUT2D eigenvalue weighted by Gasteiger charge is 2.15. The van der Waals surface area contributed by atoms with Crippen molar-refractivity contribution in [2.24, 2.45) is 5.10 Å². The summed E-state index contributed by atoms with van der Waals surface area (Å²) in [4.78, 5) is 36.0. The average molecular weight is 543 g/mol. The molecule has 0 atom stereocenters. The summed E-state index contributed by atoms with van der Waals surface area (Å²) in [6.45, 7) is 0.0737. The predicted octanol–water partition coefficient (Wildman–Crippen LogP) is 3.51. The normalized spacial score (nSPS) is 11.7. The standard InChI is InChI=1S/C25H20Cl2N4O6/c26-19-7-4-17(10-20(19)27)30-23(32)13-35-18-5-1-15(2-6-18)12-29-31-25(34)24(33)28-11-16-3-8-21-22(9-16)37-14-36-21/h1-10,12H,11,13-14H2,(H,28,33)(H,30,32)(H,31,34)/b29-12-. The van der Waals surface area contributed by atoms with Gasteiger partial charge in [0.15, 0.2) is 18.1 Å². The molecule has 3 amide bonds. The molecule has 10 nitrogen and oxygen atoms in total. The molecule has 1 heterocycles. The monoisotopic (exact) mass is 542 g/mol. The van der Waals surface area contributed by atoms with Gasteiger partial charge in [0.05, 0.1) is 16.3 Å². The fourth-order valence-electron chi connectivity index (χ4n) is 3.10. The van der Waals surface area contributed by atoms with E-state index < -0.39 is 11.8 Å². The second kappa shape index (κ2) is 12.1. The zero-order valence-corrected chi connectivity index (χ0v) is 20.6. The number of carbonyl (C=O) groups excluding carboxylic acids is 3. The van der Waals surface area contributed by atoms with E-state index in [1.54, 1.807) is 54.6 Å². The number of rotatable bonds is 8. The first-order chi connectivity index (χ1) is 17.9. The number of ether oxygens (including phenoxy) is 3. The highest BCUT2D eigenvalue weighted by Crippen LogP contribution is 2.32. The van der Waals surface area contributed by atoms with Crippen LogP contribution >= 0.6 is 23.2 Å². The number of amides is 3. The van der Waals surface area contributed by atoms with Crippen LogP contribution in [0.25, 0.3) is 0 Å². The Labute approximate surface area is 221 Å². The number of fused-ring (bicyclic) bond motifs is 1. The number of carbonyl (C=O) groups is 3. The minimum Gasteiger partial charge on any atom is -0.484 e. The lowest BCUT2D eigenvalue weighted by Gasteiger charge is -2.08. The predicted molar refractivity (Wildman–Crippen MR) is 137 cm³/mol. The molecule has 190 valence electrons. The molecule has 3 aromatic carbocycles. The number of halogens is 2. The smallest absolute Gasteiger partial charge is 0.329 e. The summed E-state index contributed by atoms with van der Waals surface area (Å²) in [6, 6.07) is 16.6. The Morgan fingerprint density at radius 2 is 1.70 bits per heavy atom. The summed E-state index contributed by atoms with van der Waals surface area (Å²) in [5.74, 6) is -0.449. The van der Waals surface area contributed by atoms with Gasteiger partial charge in [-0.25, -0.2) is 5.43 Å². The van der Waals surface area contributed by atoms with E-state index in [0.29, 0.717) is 38.5 Å². The molecular weight excluding hydrogens is 523 g/mol. The van der Waals surface area contributed by atoms with E-state index in [0.717, 1.165) is 5.56 Å². The minimum atomic E-state index is -0.912. The Morgan fingerprint density at radius 3 is 2.49 bits per heavy atom. The van der Waals surface area contributed by atoms with Crippen LogP contribution in [0, 0.1) is 0 Å². The lowest BCUT2D eigenvalue weighted by atomic mass is 10.2. The van der Waals surface area contributed by atoms with Gasteiger partial charge >= 0.3 is 11.8 Å². The van der Waals surface area contributed by atoms with Gasteiger partial charge in [-0.15, -0.1) is 0 Å². The lowest BCUT2D eigenvalue weighted by molar-refractivity contribution is -0.139. The van der Waals surface area contributed by atoms with Crippen LogP contribution in [0.3, 0.4) is 0 Å². The summed E-state index contributed by atoms with van der Waals surface area (Å²) in [5, 5.41) is 9.66. The van der Waals surface area contributed by atoms with Crippen LogP contribution < -0.4 is 30.3 Å². The topological polar surface area (TPSA) is 127 Å². The van der Waals surface area contributed by atoms with E-state index >= 15 is 0 Å². The summed E-state index contributed by atoms with van der Waals surface area (Å²) < 4.78 is 16.0. The van der Waals surface area contributed by atoms with E-state index in [1.165, 1.54) is 12.3 Å². The fraction of sp³-hybridized carbons (Fsp3) is 0.120. The first-order valence-electron chi connectivity index (χ1n) is 10.8. The molecule has 12 heteroatoms. The van der Waals surface area contributed by atoms with E-state index in [4.69, 9.17) is 37.4 Å². The summed E-state index contributed by atoms with van der Waals surface area (Å²) in [5.41, 5.74) is 4.05. The maximum atomic E-state index is 12.1. The summed E-state index contributed by atoms with van der Waals surface area (Å²) in [7, 11) is 0. The highest BCUT2D eigenvalue weighted by molar-refractivity contribution is 6.42. The lowest BCUT2D eigenvalue weighted by Crippen LogP contribution is -2.37. The van der Waals surface area contributed by atoms with E-state index in [1.807, 2.05) is 0 Å². The number of benzene rings is 3. The largest absolute Gasteiger partial charge is 0.484 e. The molecule has 0 unspecified atom stereocenters.